The van der Waals surface area contributed by atoms with E-state index < -0.39 is 11.6 Å². The van der Waals surface area contributed by atoms with Gasteiger partial charge in [0, 0.05) is 0 Å². The second-order valence-corrected chi connectivity index (χ2v) is 8.41. The number of halogens is 2. The number of aryl methyl sites for hydroxylation is 2. The third-order valence-corrected chi connectivity index (χ3v) is 6.76. The Bertz CT molecular complexity index is 831. The Morgan fingerprint density at radius 3 is 2.67 bits per heavy atom. The predicted molar refractivity (Wildman–Crippen MR) is 92.6 cm³/mol. The summed E-state index contributed by atoms with van der Waals surface area (Å²) in [5.74, 6) is -1.02. The summed E-state index contributed by atoms with van der Waals surface area (Å²) in [6, 6.07) is 10.2. The first kappa shape index (κ1) is 16.9. The molecule has 0 spiro atoms. The molecule has 1 aromatic heterocycles. The van der Waals surface area contributed by atoms with Gasteiger partial charge in [-0.3, -0.25) is 0 Å². The average Bonchev–Trinajstić information content (AvgIpc) is 3.03. The van der Waals surface area contributed by atoms with Crippen LogP contribution in [0.3, 0.4) is 0 Å². The fourth-order valence-electron chi connectivity index (χ4n) is 2.54. The number of hydrogen-bond donors (Lipinski definition) is 0. The molecule has 3 rings (SSSR count). The molecule has 0 aliphatic carbocycles. The van der Waals surface area contributed by atoms with Gasteiger partial charge in [-0.05, 0) is 0 Å². The van der Waals surface area contributed by atoms with Crippen molar-refractivity contribution in [3.8, 4) is 0 Å². The van der Waals surface area contributed by atoms with E-state index in [1.54, 1.807) is 18.6 Å². The molecule has 124 valence electrons. The summed E-state index contributed by atoms with van der Waals surface area (Å²) in [5, 5.41) is 0. The van der Waals surface area contributed by atoms with Crippen LogP contribution in [-0.2, 0) is 6.54 Å². The molecule has 0 amide bonds. The molecular formula is C19H18F2N2Se. The third-order valence-electron chi connectivity index (χ3n) is 3.86. The molecule has 1 unspecified atom stereocenters. The molecule has 1 atom stereocenters. The van der Waals surface area contributed by atoms with E-state index in [2.05, 4.69) is 37.0 Å². The van der Waals surface area contributed by atoms with E-state index in [0.717, 1.165) is 6.07 Å². The Morgan fingerprint density at radius 1 is 1.12 bits per heavy atom. The van der Waals surface area contributed by atoms with Crippen LogP contribution in [0, 0.1) is 25.5 Å². The van der Waals surface area contributed by atoms with Gasteiger partial charge in [-0.25, -0.2) is 0 Å². The van der Waals surface area contributed by atoms with Gasteiger partial charge in [0.05, 0.1) is 0 Å². The second kappa shape index (κ2) is 7.29. The molecule has 1 heterocycles. The van der Waals surface area contributed by atoms with E-state index in [1.165, 1.54) is 21.7 Å². The van der Waals surface area contributed by atoms with E-state index in [1.807, 2.05) is 10.8 Å². The Balaban J connectivity index is 1.96. The summed E-state index contributed by atoms with van der Waals surface area (Å²) in [4.78, 5) is 4.03. The summed E-state index contributed by atoms with van der Waals surface area (Å²) >= 11 is 0.0129. The molecule has 2 nitrogen and oxygen atoms in total. The van der Waals surface area contributed by atoms with E-state index >= 15 is 0 Å². The van der Waals surface area contributed by atoms with E-state index in [-0.39, 0.29) is 19.8 Å². The van der Waals surface area contributed by atoms with Crippen LogP contribution in [0.15, 0.2) is 55.1 Å². The molecule has 0 saturated heterocycles. The van der Waals surface area contributed by atoms with Crippen LogP contribution in [0.4, 0.5) is 8.78 Å². The fourth-order valence-corrected chi connectivity index (χ4v) is 5.43. The summed E-state index contributed by atoms with van der Waals surface area (Å²) in [7, 11) is 0. The van der Waals surface area contributed by atoms with Crippen molar-refractivity contribution in [3.05, 3.63) is 83.4 Å². The van der Waals surface area contributed by atoms with E-state index in [4.69, 9.17) is 0 Å². The van der Waals surface area contributed by atoms with Gasteiger partial charge in [0.2, 0.25) is 0 Å². The van der Waals surface area contributed by atoms with Crippen molar-refractivity contribution in [1.82, 2.24) is 9.55 Å². The minimum absolute atomic E-state index is 0.0129. The molecule has 0 bridgehead atoms. The molecule has 0 saturated carbocycles. The maximum absolute atomic E-state index is 14.4. The Kier molecular flexibility index (Phi) is 5.12. The zero-order chi connectivity index (χ0) is 17.1. The topological polar surface area (TPSA) is 17.8 Å². The van der Waals surface area contributed by atoms with Gasteiger partial charge in [0.15, 0.2) is 0 Å². The van der Waals surface area contributed by atoms with E-state index in [0.29, 0.717) is 12.1 Å². The summed E-state index contributed by atoms with van der Waals surface area (Å²) in [5.41, 5.74) is 2.96. The minimum atomic E-state index is -0.545. The number of hydrogen-bond acceptors (Lipinski definition) is 1. The average molecular weight is 391 g/mol. The first-order valence-corrected chi connectivity index (χ1v) is 9.52. The molecule has 2 aromatic carbocycles. The van der Waals surface area contributed by atoms with Gasteiger partial charge in [0.1, 0.15) is 0 Å². The normalized spacial score (nSPS) is 12.3. The zero-order valence-electron chi connectivity index (χ0n) is 13.5. The number of benzene rings is 2. The van der Waals surface area contributed by atoms with Gasteiger partial charge in [-0.2, -0.15) is 0 Å². The third kappa shape index (κ3) is 3.92. The maximum atomic E-state index is 14.4. The van der Waals surface area contributed by atoms with Gasteiger partial charge < -0.3 is 0 Å². The van der Waals surface area contributed by atoms with Crippen LogP contribution in [-0.4, -0.2) is 24.5 Å². The van der Waals surface area contributed by atoms with Crippen molar-refractivity contribution in [2.75, 3.05) is 0 Å². The first-order chi connectivity index (χ1) is 11.5. The van der Waals surface area contributed by atoms with Gasteiger partial charge in [0.25, 0.3) is 0 Å². The molecule has 5 heteroatoms. The first-order valence-electron chi connectivity index (χ1n) is 7.67. The quantitative estimate of drug-likeness (QED) is 0.609. The fraction of sp³-hybridized carbons (Fsp3) is 0.211. The summed E-state index contributed by atoms with van der Waals surface area (Å²) in [6.07, 6.45) is 5.31. The Morgan fingerprint density at radius 2 is 1.96 bits per heavy atom. The van der Waals surface area contributed by atoms with Crippen LogP contribution in [0.2, 0.25) is 0 Å². The molecule has 3 aromatic rings. The number of rotatable bonds is 5. The number of nitrogens with zero attached hydrogens (tertiary/aromatic N) is 2. The van der Waals surface area contributed by atoms with Crippen LogP contribution in [0.1, 0.15) is 21.5 Å². The summed E-state index contributed by atoms with van der Waals surface area (Å²) < 4.78 is 30.8. The monoisotopic (exact) mass is 392 g/mol. The SMILES string of the molecule is Cc1ccc(C)c([Se]C(Cn2ccnc2)c2ccc(F)cc2F)c1. The molecule has 0 N–H and O–H groups in total. The van der Waals surface area contributed by atoms with Crippen LogP contribution in [0.5, 0.6) is 0 Å². The van der Waals surface area contributed by atoms with Crippen LogP contribution < -0.4 is 4.46 Å². The second-order valence-electron chi connectivity index (χ2n) is 5.80. The van der Waals surface area contributed by atoms with E-state index in [9.17, 15) is 8.78 Å². The summed E-state index contributed by atoms with van der Waals surface area (Å²) in [6.45, 7) is 4.75. The zero-order valence-corrected chi connectivity index (χ0v) is 15.3. The van der Waals surface area contributed by atoms with Crippen LogP contribution in [0.25, 0.3) is 0 Å². The number of aromatic nitrogens is 2. The van der Waals surface area contributed by atoms with Crippen molar-refractivity contribution in [3.63, 3.8) is 0 Å². The standard InChI is InChI=1S/C19H18F2N2Se/c1-13-3-4-14(2)18(9-13)24-19(11-23-8-7-22-12-23)16-6-5-15(20)10-17(16)21/h3-10,12,19H,11H2,1-2H3. The van der Waals surface area contributed by atoms with Gasteiger partial charge in [-0.1, -0.05) is 0 Å². The number of imidazole rings is 1. The molecule has 24 heavy (non-hydrogen) atoms. The molecule has 0 aliphatic heterocycles. The molecule has 0 radical (unpaired) electrons. The van der Waals surface area contributed by atoms with Crippen molar-refractivity contribution < 1.29 is 8.78 Å². The Labute approximate surface area is 146 Å². The van der Waals surface area contributed by atoms with Crippen molar-refractivity contribution in [1.29, 1.82) is 0 Å². The van der Waals surface area contributed by atoms with Gasteiger partial charge in [-0.15, -0.1) is 0 Å². The predicted octanol–water partition coefficient (Wildman–Crippen LogP) is 3.55. The van der Waals surface area contributed by atoms with Crippen molar-refractivity contribution >= 4 is 19.4 Å². The van der Waals surface area contributed by atoms with Crippen molar-refractivity contribution in [2.24, 2.45) is 0 Å². The molecule has 0 fully saturated rings. The van der Waals surface area contributed by atoms with Crippen molar-refractivity contribution in [2.45, 2.75) is 25.2 Å². The van der Waals surface area contributed by atoms with Gasteiger partial charge >= 0.3 is 146 Å². The molecular weight excluding hydrogens is 373 g/mol. The Hall–Kier alpha value is -1.97. The van der Waals surface area contributed by atoms with Crippen LogP contribution >= 0.6 is 0 Å². The molecule has 0 aliphatic rings.